The van der Waals surface area contributed by atoms with Crippen LogP contribution in [0.5, 0.6) is 11.8 Å². The van der Waals surface area contributed by atoms with Gasteiger partial charge in [-0.2, -0.15) is 28.2 Å². The summed E-state index contributed by atoms with van der Waals surface area (Å²) in [5.41, 5.74) is -0.374. The third-order valence-electron chi connectivity index (χ3n) is 10.3. The molecule has 2 saturated heterocycles. The Hall–Kier alpha value is -3.76. The monoisotopic (exact) mass is 739 g/mol. The first-order valence-electron chi connectivity index (χ1n) is 17.1. The zero-order chi connectivity index (χ0) is 36.2. The van der Waals surface area contributed by atoms with Crippen LogP contribution in [0.3, 0.4) is 0 Å². The van der Waals surface area contributed by atoms with Crippen molar-refractivity contribution in [1.82, 2.24) is 29.5 Å². The van der Waals surface area contributed by atoms with Gasteiger partial charge in [-0.25, -0.2) is 8.78 Å². The van der Waals surface area contributed by atoms with E-state index in [4.69, 9.17) is 21.1 Å². The number of ether oxygens (including phenoxy) is 2. The van der Waals surface area contributed by atoms with E-state index in [9.17, 15) is 31.9 Å². The number of halogens is 6. The lowest BCUT2D eigenvalue weighted by Crippen LogP contribution is -2.30. The lowest BCUT2D eigenvalue weighted by Gasteiger charge is -2.31. The van der Waals surface area contributed by atoms with Crippen LogP contribution in [-0.2, 0) is 37.0 Å². The smallest absolute Gasteiger partial charge is 0.416 e. The molecule has 0 spiro atoms. The second-order valence-electron chi connectivity index (χ2n) is 13.7. The van der Waals surface area contributed by atoms with Crippen molar-refractivity contribution in [2.45, 2.75) is 95.2 Å². The topological polar surface area (TPSA) is 109 Å². The molecule has 3 unspecified atom stereocenters. The maximum atomic E-state index is 14.9. The molecular formula is C34H39ClF5N7O4. The number of alkyl halides is 4. The Morgan fingerprint density at radius 1 is 1.14 bits per heavy atom. The van der Waals surface area contributed by atoms with Gasteiger partial charge in [0.2, 0.25) is 0 Å². The standard InChI is InChI=1S/C27H27ClF4N6O4.C7H12FN/c1-36(13-4-5-13)25(40)23-21(28)17-11-37(8-3-9-38(17)35-23)24-14-12-42-19(10-16(14)33-26(34-24)41-2)20-15(27(30,31)32)6-7-18(39)22(20)29;8-6-4-7-2-1-3-9(7)5-6/h6-7,13,19,39H,3-5,8-12H2,1-2H3;6-7H,1-5H2. The van der Waals surface area contributed by atoms with Gasteiger partial charge in [0, 0.05) is 56.3 Å². The summed E-state index contributed by atoms with van der Waals surface area (Å²) in [6.45, 7) is 2.90. The van der Waals surface area contributed by atoms with Crippen molar-refractivity contribution >= 4 is 23.3 Å². The van der Waals surface area contributed by atoms with Crippen LogP contribution < -0.4 is 9.64 Å². The van der Waals surface area contributed by atoms with E-state index in [2.05, 4.69) is 20.0 Å². The number of fused-ring (bicyclic) bond motifs is 3. The minimum absolute atomic E-state index is 0.0254. The van der Waals surface area contributed by atoms with Gasteiger partial charge in [0.15, 0.2) is 17.3 Å². The minimum Gasteiger partial charge on any atom is -0.505 e. The quantitative estimate of drug-likeness (QED) is 0.323. The second-order valence-corrected chi connectivity index (χ2v) is 14.1. The molecule has 1 saturated carbocycles. The van der Waals surface area contributed by atoms with Gasteiger partial charge in [-0.05, 0) is 57.2 Å². The first-order chi connectivity index (χ1) is 24.3. The van der Waals surface area contributed by atoms with Crippen molar-refractivity contribution in [3.63, 3.8) is 0 Å². The van der Waals surface area contributed by atoms with Crippen LogP contribution >= 0.6 is 11.6 Å². The lowest BCUT2D eigenvalue weighted by molar-refractivity contribution is -0.140. The number of amides is 1. The van der Waals surface area contributed by atoms with Crippen LogP contribution in [0.1, 0.15) is 83.2 Å². The van der Waals surface area contributed by atoms with E-state index in [1.807, 2.05) is 4.90 Å². The van der Waals surface area contributed by atoms with Crippen LogP contribution in [0.4, 0.5) is 27.8 Å². The van der Waals surface area contributed by atoms with E-state index in [1.165, 1.54) is 20.0 Å². The number of rotatable bonds is 5. The molecule has 1 N–H and O–H groups in total. The highest BCUT2D eigenvalue weighted by Gasteiger charge is 2.41. The molecule has 0 bridgehead atoms. The number of carbonyl (C=O) groups excluding carboxylic acids is 1. The summed E-state index contributed by atoms with van der Waals surface area (Å²) in [6.07, 6.45) is -1.13. The number of hydrogen-bond acceptors (Lipinski definition) is 9. The Kier molecular flexibility index (Phi) is 9.78. The van der Waals surface area contributed by atoms with Crippen LogP contribution in [0, 0.1) is 5.82 Å². The fraction of sp³-hybridized carbons (Fsp3) is 0.588. The summed E-state index contributed by atoms with van der Waals surface area (Å²) in [7, 11) is 3.10. The molecular weight excluding hydrogens is 701 g/mol. The molecule has 17 heteroatoms. The average molecular weight is 740 g/mol. The predicted octanol–water partition coefficient (Wildman–Crippen LogP) is 5.85. The second kappa shape index (κ2) is 14.0. The van der Waals surface area contributed by atoms with Crippen molar-refractivity contribution in [3.8, 4) is 11.8 Å². The zero-order valence-corrected chi connectivity index (χ0v) is 29.0. The maximum absolute atomic E-state index is 14.9. The van der Waals surface area contributed by atoms with Gasteiger partial charge in [0.05, 0.1) is 48.3 Å². The summed E-state index contributed by atoms with van der Waals surface area (Å²) in [4.78, 5) is 27.8. The molecule has 11 nitrogen and oxygen atoms in total. The van der Waals surface area contributed by atoms with E-state index in [0.29, 0.717) is 67.0 Å². The van der Waals surface area contributed by atoms with Gasteiger partial charge >= 0.3 is 12.2 Å². The number of hydrogen-bond donors (Lipinski definition) is 1. The molecule has 3 aromatic rings. The molecule has 276 valence electrons. The van der Waals surface area contributed by atoms with Gasteiger partial charge in [0.25, 0.3) is 5.91 Å². The number of phenolic OH excluding ortho intramolecular Hbond substituents is 1. The zero-order valence-electron chi connectivity index (χ0n) is 28.2. The Bertz CT molecular complexity index is 1790. The Labute approximate surface area is 296 Å². The highest BCUT2D eigenvalue weighted by atomic mass is 35.5. The third kappa shape index (κ3) is 7.06. The first-order valence-corrected chi connectivity index (χ1v) is 17.5. The van der Waals surface area contributed by atoms with Gasteiger partial charge in [0.1, 0.15) is 12.0 Å². The molecule has 1 aliphatic carbocycles. The highest BCUT2D eigenvalue weighted by Crippen LogP contribution is 2.44. The maximum Gasteiger partial charge on any atom is 0.416 e. The summed E-state index contributed by atoms with van der Waals surface area (Å²) >= 11 is 6.71. The largest absolute Gasteiger partial charge is 0.505 e. The Morgan fingerprint density at radius 3 is 2.63 bits per heavy atom. The summed E-state index contributed by atoms with van der Waals surface area (Å²) in [5, 5.41) is 14.6. The fourth-order valence-electron chi connectivity index (χ4n) is 7.53. The van der Waals surface area contributed by atoms with E-state index < -0.39 is 41.1 Å². The summed E-state index contributed by atoms with van der Waals surface area (Å²) in [5.74, 6) is -2.12. The van der Waals surface area contributed by atoms with Crippen LogP contribution in [0.25, 0.3) is 0 Å². The van der Waals surface area contributed by atoms with Crippen LogP contribution in [-0.4, -0.2) is 92.6 Å². The number of benzene rings is 1. The van der Waals surface area contributed by atoms with Crippen molar-refractivity contribution in [2.75, 3.05) is 38.7 Å². The molecule has 51 heavy (non-hydrogen) atoms. The number of anilines is 1. The van der Waals surface area contributed by atoms with Crippen molar-refractivity contribution in [2.24, 2.45) is 0 Å². The van der Waals surface area contributed by atoms with E-state index in [1.54, 1.807) is 16.6 Å². The molecule has 1 aromatic carbocycles. The van der Waals surface area contributed by atoms with E-state index >= 15 is 0 Å². The molecule has 4 aliphatic heterocycles. The molecule has 3 atom stereocenters. The van der Waals surface area contributed by atoms with E-state index in [0.717, 1.165) is 25.8 Å². The molecule has 2 aromatic heterocycles. The van der Waals surface area contributed by atoms with Gasteiger partial charge in [-0.15, -0.1) is 0 Å². The SMILES string of the molecule is COc1nc2c(c(N3CCCn4nc(C(=O)N(C)C5CC5)c(Cl)c4C3)n1)COC(c1c(C(F)(F)F)ccc(O)c1F)C2.FC1CC2CCCN2C1. The lowest BCUT2D eigenvalue weighted by atomic mass is 9.94. The number of aryl methyl sites for hydroxylation is 1. The fourth-order valence-corrected chi connectivity index (χ4v) is 7.81. The number of nitrogens with zero attached hydrogens (tertiary/aromatic N) is 7. The molecule has 5 aliphatic rings. The number of methoxy groups -OCH3 is 1. The third-order valence-corrected chi connectivity index (χ3v) is 10.7. The Balaban J connectivity index is 0.000000389. The summed E-state index contributed by atoms with van der Waals surface area (Å²) in [6, 6.07) is 2.07. The molecule has 1 amide bonds. The van der Waals surface area contributed by atoms with Crippen LogP contribution in [0.15, 0.2) is 12.1 Å². The van der Waals surface area contributed by atoms with Gasteiger partial charge in [-0.1, -0.05) is 11.6 Å². The van der Waals surface area contributed by atoms with Crippen molar-refractivity contribution < 1.29 is 41.3 Å². The van der Waals surface area contributed by atoms with Crippen molar-refractivity contribution in [1.29, 1.82) is 0 Å². The molecule has 3 fully saturated rings. The predicted molar refractivity (Wildman–Crippen MR) is 175 cm³/mol. The first kappa shape index (κ1) is 35.6. The summed E-state index contributed by atoms with van der Waals surface area (Å²) < 4.78 is 81.6. The molecule has 8 rings (SSSR count). The van der Waals surface area contributed by atoms with Crippen molar-refractivity contribution in [3.05, 3.63) is 56.7 Å². The Morgan fingerprint density at radius 2 is 1.92 bits per heavy atom. The highest BCUT2D eigenvalue weighted by molar-refractivity contribution is 6.34. The van der Waals surface area contributed by atoms with Gasteiger partial charge in [-0.3, -0.25) is 14.4 Å². The number of phenols is 1. The minimum atomic E-state index is -4.87. The van der Waals surface area contributed by atoms with E-state index in [-0.39, 0.29) is 48.2 Å². The average Bonchev–Trinajstić information content (AvgIpc) is 3.73. The normalized spacial score (nSPS) is 23.1. The number of aromatic hydroxyl groups is 1. The molecule has 6 heterocycles. The number of aromatic nitrogens is 4. The van der Waals surface area contributed by atoms with Gasteiger partial charge < -0.3 is 24.4 Å². The number of carbonyl (C=O) groups is 1. The van der Waals surface area contributed by atoms with Crippen LogP contribution in [0.2, 0.25) is 5.02 Å². The molecule has 0 radical (unpaired) electrons.